The Morgan fingerprint density at radius 1 is 1.07 bits per heavy atom. The maximum atomic E-state index is 12.7. The van der Waals surface area contributed by atoms with Gasteiger partial charge < -0.3 is 20.1 Å². The quantitative estimate of drug-likeness (QED) is 0.723. The number of carbonyl (C=O) groups is 3. The highest BCUT2D eigenvalue weighted by atomic mass is 32.1. The van der Waals surface area contributed by atoms with Crippen molar-refractivity contribution >= 4 is 39.8 Å². The van der Waals surface area contributed by atoms with E-state index >= 15 is 0 Å². The molecule has 0 aliphatic heterocycles. The zero-order chi connectivity index (χ0) is 20.1. The lowest BCUT2D eigenvalue weighted by molar-refractivity contribution is -0.119. The van der Waals surface area contributed by atoms with Gasteiger partial charge in [0.2, 0.25) is 5.91 Å². The van der Waals surface area contributed by atoms with Crippen molar-refractivity contribution < 1.29 is 23.9 Å². The normalized spacial score (nSPS) is 12.6. The van der Waals surface area contributed by atoms with Crippen molar-refractivity contribution in [2.45, 2.75) is 32.6 Å². The van der Waals surface area contributed by atoms with Gasteiger partial charge in [0.1, 0.15) is 10.8 Å². The van der Waals surface area contributed by atoms with Crippen LogP contribution in [0, 0.1) is 0 Å². The monoisotopic (exact) mass is 402 g/mol. The van der Waals surface area contributed by atoms with Crippen LogP contribution in [0.2, 0.25) is 0 Å². The van der Waals surface area contributed by atoms with Gasteiger partial charge >= 0.3 is 5.97 Å². The SMILES string of the molecule is COc1ccc(NC(=O)COC(=O)c2c(NC(C)=O)sc3c2CCCC3)cc1. The van der Waals surface area contributed by atoms with E-state index in [1.54, 1.807) is 31.4 Å². The van der Waals surface area contributed by atoms with E-state index in [1.807, 2.05) is 0 Å². The highest BCUT2D eigenvalue weighted by Gasteiger charge is 2.27. The molecule has 1 aliphatic rings. The number of benzene rings is 1. The highest BCUT2D eigenvalue weighted by Crippen LogP contribution is 2.38. The summed E-state index contributed by atoms with van der Waals surface area (Å²) in [5, 5.41) is 5.88. The molecule has 0 saturated carbocycles. The van der Waals surface area contributed by atoms with E-state index < -0.39 is 18.5 Å². The summed E-state index contributed by atoms with van der Waals surface area (Å²) in [4.78, 5) is 37.4. The van der Waals surface area contributed by atoms with E-state index in [4.69, 9.17) is 9.47 Å². The Hall–Kier alpha value is -2.87. The molecule has 0 atom stereocenters. The number of rotatable bonds is 6. The van der Waals surface area contributed by atoms with Gasteiger partial charge in [0, 0.05) is 17.5 Å². The van der Waals surface area contributed by atoms with Crippen LogP contribution < -0.4 is 15.4 Å². The van der Waals surface area contributed by atoms with Gasteiger partial charge in [0.25, 0.3) is 5.91 Å². The summed E-state index contributed by atoms with van der Waals surface area (Å²) in [5.41, 5.74) is 1.89. The van der Waals surface area contributed by atoms with E-state index in [0.29, 0.717) is 22.0 Å². The number of carbonyl (C=O) groups excluding carboxylic acids is 3. The molecule has 0 saturated heterocycles. The number of ether oxygens (including phenoxy) is 2. The molecule has 2 amide bonds. The molecular weight excluding hydrogens is 380 g/mol. The molecule has 1 heterocycles. The average molecular weight is 402 g/mol. The van der Waals surface area contributed by atoms with Gasteiger partial charge in [-0.1, -0.05) is 0 Å². The van der Waals surface area contributed by atoms with E-state index in [1.165, 1.54) is 18.3 Å². The van der Waals surface area contributed by atoms with Gasteiger partial charge in [-0.2, -0.15) is 0 Å². The largest absolute Gasteiger partial charge is 0.497 e. The van der Waals surface area contributed by atoms with Crippen molar-refractivity contribution in [3.8, 4) is 5.75 Å². The maximum Gasteiger partial charge on any atom is 0.341 e. The summed E-state index contributed by atoms with van der Waals surface area (Å²) in [6, 6.07) is 6.84. The van der Waals surface area contributed by atoms with Crippen molar-refractivity contribution in [3.63, 3.8) is 0 Å². The van der Waals surface area contributed by atoms with Crippen molar-refractivity contribution in [3.05, 3.63) is 40.3 Å². The van der Waals surface area contributed by atoms with Crippen LogP contribution in [0.5, 0.6) is 5.75 Å². The molecule has 1 aliphatic carbocycles. The van der Waals surface area contributed by atoms with Crippen molar-refractivity contribution in [1.82, 2.24) is 0 Å². The highest BCUT2D eigenvalue weighted by molar-refractivity contribution is 7.17. The third-order valence-electron chi connectivity index (χ3n) is 4.37. The number of amides is 2. The molecule has 1 aromatic carbocycles. The summed E-state index contributed by atoms with van der Waals surface area (Å²) in [7, 11) is 1.56. The number of methoxy groups -OCH3 is 1. The maximum absolute atomic E-state index is 12.7. The van der Waals surface area contributed by atoms with Crippen LogP contribution in [0.1, 0.15) is 40.6 Å². The third-order valence-corrected chi connectivity index (χ3v) is 5.58. The van der Waals surface area contributed by atoms with Gasteiger partial charge in [-0.25, -0.2) is 4.79 Å². The Morgan fingerprint density at radius 3 is 2.46 bits per heavy atom. The zero-order valence-electron chi connectivity index (χ0n) is 15.8. The van der Waals surface area contributed by atoms with Crippen LogP contribution in [0.3, 0.4) is 0 Å². The minimum Gasteiger partial charge on any atom is -0.497 e. The first-order chi connectivity index (χ1) is 13.5. The number of nitrogens with one attached hydrogen (secondary N) is 2. The topological polar surface area (TPSA) is 93.7 Å². The molecule has 1 aromatic heterocycles. The van der Waals surface area contributed by atoms with Crippen molar-refractivity contribution in [2.24, 2.45) is 0 Å². The standard InChI is InChI=1S/C20H22N2O5S/c1-12(23)21-19-18(15-5-3-4-6-16(15)28-19)20(25)27-11-17(24)22-13-7-9-14(26-2)10-8-13/h7-10H,3-6,11H2,1-2H3,(H,21,23)(H,22,24). The van der Waals surface area contributed by atoms with Crippen LogP contribution in [0.15, 0.2) is 24.3 Å². The summed E-state index contributed by atoms with van der Waals surface area (Å²) in [6.45, 7) is 0.991. The Kier molecular flexibility index (Phi) is 6.30. The predicted molar refractivity (Wildman–Crippen MR) is 107 cm³/mol. The molecule has 3 rings (SSSR count). The predicted octanol–water partition coefficient (Wildman–Crippen LogP) is 3.39. The minimum atomic E-state index is -0.590. The van der Waals surface area contributed by atoms with Crippen LogP contribution in [-0.2, 0) is 27.2 Å². The molecule has 8 heteroatoms. The molecule has 0 bridgehead atoms. The van der Waals surface area contributed by atoms with E-state index in [9.17, 15) is 14.4 Å². The first-order valence-electron chi connectivity index (χ1n) is 9.01. The van der Waals surface area contributed by atoms with Crippen LogP contribution >= 0.6 is 11.3 Å². The minimum absolute atomic E-state index is 0.245. The smallest absolute Gasteiger partial charge is 0.341 e. The lowest BCUT2D eigenvalue weighted by atomic mass is 9.95. The van der Waals surface area contributed by atoms with E-state index in [-0.39, 0.29) is 5.91 Å². The average Bonchev–Trinajstić information content (AvgIpc) is 3.04. The van der Waals surface area contributed by atoms with E-state index in [2.05, 4.69) is 10.6 Å². The Labute approximate surface area is 167 Å². The first kappa shape index (κ1) is 19.9. The van der Waals surface area contributed by atoms with Gasteiger partial charge in [0.05, 0.1) is 12.7 Å². The van der Waals surface area contributed by atoms with Crippen LogP contribution in [0.25, 0.3) is 0 Å². The molecule has 148 valence electrons. The fraction of sp³-hybridized carbons (Fsp3) is 0.350. The summed E-state index contributed by atoms with van der Waals surface area (Å²) < 4.78 is 10.3. The molecule has 0 fully saturated rings. The molecule has 0 spiro atoms. The van der Waals surface area contributed by atoms with Crippen molar-refractivity contribution in [2.75, 3.05) is 24.4 Å². The number of hydrogen-bond acceptors (Lipinski definition) is 6. The van der Waals surface area contributed by atoms with Gasteiger partial charge in [-0.3, -0.25) is 9.59 Å². The first-order valence-corrected chi connectivity index (χ1v) is 9.82. The van der Waals surface area contributed by atoms with Crippen molar-refractivity contribution in [1.29, 1.82) is 0 Å². The van der Waals surface area contributed by atoms with Crippen LogP contribution in [-0.4, -0.2) is 31.5 Å². The summed E-state index contributed by atoms with van der Waals surface area (Å²) in [5.74, 6) is -0.598. The second-order valence-corrected chi connectivity index (χ2v) is 7.55. The molecular formula is C20H22N2O5S. The number of thiophene rings is 1. The van der Waals surface area contributed by atoms with E-state index in [0.717, 1.165) is 36.1 Å². The molecule has 7 nitrogen and oxygen atoms in total. The molecule has 2 aromatic rings. The number of hydrogen-bond donors (Lipinski definition) is 2. The van der Waals surface area contributed by atoms with Gasteiger partial charge in [0.15, 0.2) is 6.61 Å². The zero-order valence-corrected chi connectivity index (χ0v) is 16.6. The fourth-order valence-electron chi connectivity index (χ4n) is 3.10. The molecule has 2 N–H and O–H groups in total. The lowest BCUT2D eigenvalue weighted by Crippen LogP contribution is -2.22. The molecule has 0 unspecified atom stereocenters. The Balaban J connectivity index is 1.66. The second-order valence-electron chi connectivity index (χ2n) is 6.45. The lowest BCUT2D eigenvalue weighted by Gasteiger charge is -2.13. The molecule has 0 radical (unpaired) electrons. The number of anilines is 2. The number of fused-ring (bicyclic) bond motifs is 1. The van der Waals surface area contributed by atoms with Gasteiger partial charge in [-0.15, -0.1) is 11.3 Å². The Bertz CT molecular complexity index is 889. The van der Waals surface area contributed by atoms with Gasteiger partial charge in [-0.05, 0) is 55.5 Å². The summed E-state index contributed by atoms with van der Waals surface area (Å²) in [6.07, 6.45) is 3.71. The fourth-order valence-corrected chi connectivity index (χ4v) is 4.43. The third kappa shape index (κ3) is 4.69. The number of aryl methyl sites for hydroxylation is 1. The molecule has 28 heavy (non-hydrogen) atoms. The second kappa shape index (κ2) is 8.88. The number of esters is 1. The summed E-state index contributed by atoms with van der Waals surface area (Å²) >= 11 is 1.41. The van der Waals surface area contributed by atoms with Crippen LogP contribution in [0.4, 0.5) is 10.7 Å². The Morgan fingerprint density at radius 2 is 1.79 bits per heavy atom.